The van der Waals surface area contributed by atoms with Gasteiger partial charge in [-0.1, -0.05) is 18.2 Å². The third-order valence-corrected chi connectivity index (χ3v) is 3.74. The van der Waals surface area contributed by atoms with Gasteiger partial charge in [-0.05, 0) is 37.6 Å². The van der Waals surface area contributed by atoms with Crippen molar-refractivity contribution >= 4 is 10.0 Å². The van der Waals surface area contributed by atoms with Crippen molar-refractivity contribution in [2.24, 2.45) is 0 Å². The second kappa shape index (κ2) is 5.19. The zero-order valence-electron chi connectivity index (χ0n) is 11.3. The standard InChI is InChI=1S/C14H18N2O2S/c1-11-9-13(10-15-19(3,17)18)12(2)16(11)14-7-5-4-6-8-14/h4-9,15H,10H2,1-3H3. The van der Waals surface area contributed by atoms with Crippen LogP contribution in [0.5, 0.6) is 0 Å². The number of aryl methyl sites for hydroxylation is 1. The quantitative estimate of drug-likeness (QED) is 0.931. The van der Waals surface area contributed by atoms with E-state index in [2.05, 4.69) is 9.29 Å². The molecule has 0 amide bonds. The first-order chi connectivity index (χ1) is 8.88. The number of aromatic nitrogens is 1. The lowest BCUT2D eigenvalue weighted by Crippen LogP contribution is -2.21. The Morgan fingerprint density at radius 1 is 1.16 bits per heavy atom. The summed E-state index contributed by atoms with van der Waals surface area (Å²) in [6.07, 6.45) is 1.17. The van der Waals surface area contributed by atoms with Crippen LogP contribution in [0, 0.1) is 13.8 Å². The normalized spacial score (nSPS) is 11.7. The smallest absolute Gasteiger partial charge is 0.209 e. The monoisotopic (exact) mass is 278 g/mol. The Bertz CT molecular complexity index is 673. The summed E-state index contributed by atoms with van der Waals surface area (Å²) in [6.45, 7) is 4.34. The second-order valence-electron chi connectivity index (χ2n) is 4.66. The molecule has 0 fully saturated rings. The van der Waals surface area contributed by atoms with Crippen molar-refractivity contribution in [1.82, 2.24) is 9.29 Å². The zero-order chi connectivity index (χ0) is 14.0. The minimum absolute atomic E-state index is 0.325. The molecule has 1 aromatic carbocycles. The molecule has 0 bridgehead atoms. The van der Waals surface area contributed by atoms with Crippen molar-refractivity contribution in [2.45, 2.75) is 20.4 Å². The first-order valence-electron chi connectivity index (χ1n) is 6.06. The Morgan fingerprint density at radius 3 is 2.37 bits per heavy atom. The molecule has 0 aliphatic rings. The predicted molar refractivity (Wildman–Crippen MR) is 76.9 cm³/mol. The van der Waals surface area contributed by atoms with Crippen LogP contribution in [-0.2, 0) is 16.6 Å². The van der Waals surface area contributed by atoms with Crippen molar-refractivity contribution in [1.29, 1.82) is 0 Å². The number of rotatable bonds is 4. The fraction of sp³-hybridized carbons (Fsp3) is 0.286. The highest BCUT2D eigenvalue weighted by Crippen LogP contribution is 2.20. The Morgan fingerprint density at radius 2 is 1.79 bits per heavy atom. The van der Waals surface area contributed by atoms with Crippen molar-refractivity contribution in [3.05, 3.63) is 53.3 Å². The average molecular weight is 278 g/mol. The van der Waals surface area contributed by atoms with Gasteiger partial charge in [0.05, 0.1) is 6.26 Å². The third kappa shape index (κ3) is 3.24. The Kier molecular flexibility index (Phi) is 3.78. The van der Waals surface area contributed by atoms with E-state index in [1.54, 1.807) is 0 Å². The van der Waals surface area contributed by atoms with E-state index in [1.807, 2.05) is 50.2 Å². The summed E-state index contributed by atoms with van der Waals surface area (Å²) in [6, 6.07) is 12.0. The number of sulfonamides is 1. The molecule has 0 spiro atoms. The van der Waals surface area contributed by atoms with E-state index >= 15 is 0 Å². The number of para-hydroxylation sites is 1. The van der Waals surface area contributed by atoms with Crippen molar-refractivity contribution in [2.75, 3.05) is 6.26 Å². The van der Waals surface area contributed by atoms with Crippen LogP contribution >= 0.6 is 0 Å². The maximum atomic E-state index is 11.2. The van der Waals surface area contributed by atoms with Gasteiger partial charge in [0.1, 0.15) is 0 Å². The summed E-state index contributed by atoms with van der Waals surface area (Å²) in [4.78, 5) is 0. The highest BCUT2D eigenvalue weighted by Gasteiger charge is 2.11. The zero-order valence-corrected chi connectivity index (χ0v) is 12.2. The fourth-order valence-electron chi connectivity index (χ4n) is 2.19. The van der Waals surface area contributed by atoms with Gasteiger partial charge in [-0.2, -0.15) is 0 Å². The molecule has 0 saturated carbocycles. The van der Waals surface area contributed by atoms with E-state index in [0.29, 0.717) is 6.54 Å². The molecule has 102 valence electrons. The van der Waals surface area contributed by atoms with Gasteiger partial charge in [0.15, 0.2) is 0 Å². The number of nitrogens with zero attached hydrogens (tertiary/aromatic N) is 1. The first-order valence-corrected chi connectivity index (χ1v) is 7.95. The molecule has 2 rings (SSSR count). The molecule has 4 nitrogen and oxygen atoms in total. The van der Waals surface area contributed by atoms with Crippen LogP contribution in [0.25, 0.3) is 5.69 Å². The number of nitrogens with one attached hydrogen (secondary N) is 1. The summed E-state index contributed by atoms with van der Waals surface area (Å²) in [5.41, 5.74) is 4.23. The van der Waals surface area contributed by atoms with Crippen molar-refractivity contribution in [3.63, 3.8) is 0 Å². The summed E-state index contributed by atoms with van der Waals surface area (Å²) in [5.74, 6) is 0. The van der Waals surface area contributed by atoms with E-state index in [-0.39, 0.29) is 0 Å². The lowest BCUT2D eigenvalue weighted by Gasteiger charge is -2.09. The summed E-state index contributed by atoms with van der Waals surface area (Å²) in [5, 5.41) is 0. The molecule has 1 N–H and O–H groups in total. The van der Waals surface area contributed by atoms with Crippen molar-refractivity contribution in [3.8, 4) is 5.69 Å². The molecule has 5 heteroatoms. The summed E-state index contributed by atoms with van der Waals surface area (Å²) >= 11 is 0. The van der Waals surface area contributed by atoms with E-state index < -0.39 is 10.0 Å². The van der Waals surface area contributed by atoms with Gasteiger partial charge in [-0.25, -0.2) is 13.1 Å². The fourth-order valence-corrected chi connectivity index (χ4v) is 2.61. The minimum Gasteiger partial charge on any atom is -0.318 e. The van der Waals surface area contributed by atoms with E-state index in [0.717, 1.165) is 22.6 Å². The number of benzene rings is 1. The maximum absolute atomic E-state index is 11.2. The molecule has 0 saturated heterocycles. The molecule has 1 heterocycles. The van der Waals surface area contributed by atoms with Crippen LogP contribution in [0.4, 0.5) is 0 Å². The van der Waals surface area contributed by atoms with Gasteiger partial charge >= 0.3 is 0 Å². The van der Waals surface area contributed by atoms with E-state index in [1.165, 1.54) is 6.26 Å². The van der Waals surface area contributed by atoms with Gasteiger partial charge in [0.25, 0.3) is 0 Å². The predicted octanol–water partition coefficient (Wildman–Crippen LogP) is 2.14. The van der Waals surface area contributed by atoms with Crippen LogP contribution in [-0.4, -0.2) is 19.2 Å². The Hall–Kier alpha value is -1.59. The van der Waals surface area contributed by atoms with E-state index in [9.17, 15) is 8.42 Å². The maximum Gasteiger partial charge on any atom is 0.209 e. The molecular weight excluding hydrogens is 260 g/mol. The van der Waals surface area contributed by atoms with Crippen LogP contribution in [0.2, 0.25) is 0 Å². The average Bonchev–Trinajstić information content (AvgIpc) is 2.62. The van der Waals surface area contributed by atoms with Gasteiger partial charge in [0.2, 0.25) is 10.0 Å². The lowest BCUT2D eigenvalue weighted by atomic mass is 10.2. The first kappa shape index (κ1) is 13.8. The summed E-state index contributed by atoms with van der Waals surface area (Å²) < 4.78 is 27.0. The molecule has 0 radical (unpaired) electrons. The molecule has 0 atom stereocenters. The lowest BCUT2D eigenvalue weighted by molar-refractivity contribution is 0.587. The molecule has 0 unspecified atom stereocenters. The van der Waals surface area contributed by atoms with Crippen molar-refractivity contribution < 1.29 is 8.42 Å². The molecule has 1 aromatic heterocycles. The number of hydrogen-bond donors (Lipinski definition) is 1. The SMILES string of the molecule is Cc1cc(CNS(C)(=O)=O)c(C)n1-c1ccccc1. The Balaban J connectivity index is 2.35. The van der Waals surface area contributed by atoms with E-state index in [4.69, 9.17) is 0 Å². The van der Waals surface area contributed by atoms with Gasteiger partial charge < -0.3 is 4.57 Å². The molecule has 19 heavy (non-hydrogen) atoms. The Labute approximate surface area is 114 Å². The second-order valence-corrected chi connectivity index (χ2v) is 6.49. The third-order valence-electron chi connectivity index (χ3n) is 3.08. The van der Waals surface area contributed by atoms with Gasteiger partial charge in [-0.3, -0.25) is 0 Å². The number of hydrogen-bond acceptors (Lipinski definition) is 2. The van der Waals surface area contributed by atoms with Gasteiger partial charge in [0, 0.05) is 23.6 Å². The van der Waals surface area contributed by atoms with Crippen LogP contribution < -0.4 is 4.72 Å². The molecule has 0 aliphatic heterocycles. The largest absolute Gasteiger partial charge is 0.318 e. The van der Waals surface area contributed by atoms with Crippen LogP contribution in [0.3, 0.4) is 0 Å². The molecule has 0 aliphatic carbocycles. The highest BCUT2D eigenvalue weighted by atomic mass is 32.2. The minimum atomic E-state index is -3.17. The van der Waals surface area contributed by atoms with Crippen LogP contribution in [0.15, 0.2) is 36.4 Å². The van der Waals surface area contributed by atoms with Gasteiger partial charge in [-0.15, -0.1) is 0 Å². The topological polar surface area (TPSA) is 51.1 Å². The molecular formula is C14H18N2O2S. The van der Waals surface area contributed by atoms with Crippen LogP contribution in [0.1, 0.15) is 17.0 Å². The highest BCUT2D eigenvalue weighted by molar-refractivity contribution is 7.88. The molecule has 2 aromatic rings. The summed E-state index contributed by atoms with van der Waals surface area (Å²) in [7, 11) is -3.17.